The summed E-state index contributed by atoms with van der Waals surface area (Å²) in [7, 11) is -8.00. The smallest absolute Gasteiger partial charge is 0.368 e. The van der Waals surface area contributed by atoms with Crippen LogP contribution >= 0.6 is 23.5 Å². The molecule has 0 bridgehead atoms. The van der Waals surface area contributed by atoms with E-state index in [9.17, 15) is 44.0 Å². The standard InChI is InChI=1S/2C23H26F2N2O5S2/c2*1-3-5-6-16-13-27(17-9-7-15(24)8-10-17)19-11-21(33-4-2)20(32-14-18(25)23(28)29)12-22(19)34(30,31)26-16/h2*7-12,14,16,26H,3-6,13H2,1-2H3,(H,28,29)/b2*18-14-/t2*16-/m10/s1. The van der Waals surface area contributed by atoms with Crippen molar-refractivity contribution in [2.75, 3.05) is 34.4 Å². The lowest BCUT2D eigenvalue weighted by atomic mass is 10.1. The van der Waals surface area contributed by atoms with Crippen LogP contribution in [0, 0.1) is 11.6 Å². The molecule has 4 N–H and O–H groups in total. The van der Waals surface area contributed by atoms with Crippen LogP contribution in [0.15, 0.2) is 117 Å². The summed E-state index contributed by atoms with van der Waals surface area (Å²) in [5.74, 6) is -6.23. The van der Waals surface area contributed by atoms with E-state index in [4.69, 9.17) is 19.7 Å². The minimum Gasteiger partial charge on any atom is -0.476 e. The van der Waals surface area contributed by atoms with Crippen LogP contribution in [0.25, 0.3) is 0 Å². The summed E-state index contributed by atoms with van der Waals surface area (Å²) >= 11 is 2.66. The summed E-state index contributed by atoms with van der Waals surface area (Å²) in [5.41, 5.74) is 1.95. The quantitative estimate of drug-likeness (QED) is 0.0318. The molecule has 4 aromatic rings. The molecule has 0 saturated heterocycles. The molecule has 0 aliphatic carbocycles. The van der Waals surface area contributed by atoms with Crippen molar-refractivity contribution in [2.45, 2.75) is 97.9 Å². The molecule has 22 heteroatoms. The normalized spacial score (nSPS) is 17.7. The Morgan fingerprint density at radius 2 is 1.00 bits per heavy atom. The number of nitrogens with one attached hydrogen (secondary N) is 2. The first-order valence-corrected chi connectivity index (χ1v) is 26.5. The molecule has 0 radical (unpaired) electrons. The summed E-state index contributed by atoms with van der Waals surface area (Å²) in [6.45, 7) is 8.43. The molecule has 368 valence electrons. The molecule has 14 nitrogen and oxygen atoms in total. The maximum atomic E-state index is 13.6. The lowest BCUT2D eigenvalue weighted by Crippen LogP contribution is -2.39. The van der Waals surface area contributed by atoms with Gasteiger partial charge in [0.05, 0.1) is 21.2 Å². The molecule has 6 rings (SSSR count). The zero-order chi connectivity index (χ0) is 49.8. The predicted octanol–water partition coefficient (Wildman–Crippen LogP) is 10.4. The Kier molecular flexibility index (Phi) is 19.2. The van der Waals surface area contributed by atoms with Gasteiger partial charge < -0.3 is 29.5 Å². The lowest BCUT2D eigenvalue weighted by Gasteiger charge is -2.27. The second-order valence-electron chi connectivity index (χ2n) is 15.3. The number of anilines is 4. The average Bonchev–Trinajstić information content (AvgIpc) is 3.48. The SMILES string of the molecule is CCCC[C@@H]1CN(c2ccc(F)cc2)c2cc(SCC)c(O/C=C(\F)C(=O)O)cc2S(=O)(=O)N1.CCCC[C@H]1CN(c2ccc(F)cc2)c2cc(SCC)c(O/C=C(\F)C(=O)O)cc2S(=O)(=O)N1. The van der Waals surface area contributed by atoms with E-state index < -0.39 is 67.4 Å². The highest BCUT2D eigenvalue weighted by Gasteiger charge is 2.35. The molecule has 0 spiro atoms. The Morgan fingerprint density at radius 1 is 0.647 bits per heavy atom. The largest absolute Gasteiger partial charge is 0.476 e. The van der Waals surface area contributed by atoms with E-state index in [0.29, 0.717) is 82.5 Å². The second-order valence-corrected chi connectivity index (χ2v) is 21.2. The maximum Gasteiger partial charge on any atom is 0.368 e. The maximum absolute atomic E-state index is 13.6. The van der Waals surface area contributed by atoms with Crippen molar-refractivity contribution in [3.8, 4) is 11.5 Å². The molecule has 0 amide bonds. The highest BCUT2D eigenvalue weighted by molar-refractivity contribution is 7.99. The number of aliphatic carboxylic acids is 2. The molecule has 0 fully saturated rings. The van der Waals surface area contributed by atoms with Gasteiger partial charge in [0.25, 0.3) is 0 Å². The van der Waals surface area contributed by atoms with Crippen LogP contribution < -0.4 is 28.7 Å². The number of nitrogens with zero attached hydrogens (tertiary/aromatic N) is 2. The number of hydrogen-bond acceptors (Lipinski definition) is 12. The van der Waals surface area contributed by atoms with Gasteiger partial charge in [0.2, 0.25) is 31.7 Å². The molecular formula is C46H52F4N4O10S4. The first-order chi connectivity index (χ1) is 32.3. The van der Waals surface area contributed by atoms with Crippen LogP contribution in [-0.4, -0.2) is 75.7 Å². The van der Waals surface area contributed by atoms with E-state index >= 15 is 0 Å². The topological polar surface area (TPSA) is 192 Å². The molecular weight excluding hydrogens is 973 g/mol. The number of unbranched alkanes of at least 4 members (excludes halogenated alkanes) is 2. The van der Waals surface area contributed by atoms with Gasteiger partial charge in [-0.1, -0.05) is 53.4 Å². The number of carboxylic acid groups (broad SMARTS) is 2. The first kappa shape index (κ1) is 53.7. The van der Waals surface area contributed by atoms with Gasteiger partial charge in [-0.25, -0.2) is 44.6 Å². The van der Waals surface area contributed by atoms with Gasteiger partial charge in [0.15, 0.2) is 0 Å². The number of halogens is 4. The number of thioether (sulfide) groups is 2. The van der Waals surface area contributed by atoms with Crippen LogP contribution in [0.5, 0.6) is 11.5 Å². The summed E-state index contributed by atoms with van der Waals surface area (Å²) in [6.07, 6.45) is 5.47. The Bertz CT molecular complexity index is 2530. The van der Waals surface area contributed by atoms with Crippen molar-refractivity contribution in [3.63, 3.8) is 0 Å². The van der Waals surface area contributed by atoms with E-state index in [0.717, 1.165) is 25.7 Å². The number of rotatable bonds is 18. The lowest BCUT2D eigenvalue weighted by molar-refractivity contribution is -0.135. The van der Waals surface area contributed by atoms with Gasteiger partial charge >= 0.3 is 11.9 Å². The molecule has 0 unspecified atom stereocenters. The predicted molar refractivity (Wildman–Crippen MR) is 255 cm³/mol. The molecule has 0 aromatic heterocycles. The highest BCUT2D eigenvalue weighted by atomic mass is 32.2. The van der Waals surface area contributed by atoms with E-state index in [1.54, 1.807) is 36.4 Å². The Morgan fingerprint density at radius 3 is 1.31 bits per heavy atom. The van der Waals surface area contributed by atoms with E-state index in [2.05, 4.69) is 9.44 Å². The Balaban J connectivity index is 0.000000254. The van der Waals surface area contributed by atoms with Crippen LogP contribution in [0.4, 0.5) is 40.3 Å². The van der Waals surface area contributed by atoms with Gasteiger partial charge in [-0.2, -0.15) is 8.78 Å². The number of sulfonamides is 2. The number of ether oxygens (including phenoxy) is 2. The number of carbonyl (C=O) groups is 2. The number of carboxylic acids is 2. The third-order valence-electron chi connectivity index (χ3n) is 10.3. The fourth-order valence-corrected chi connectivity index (χ4v) is 11.6. The fraction of sp³-hybridized carbons (Fsp3) is 0.348. The van der Waals surface area contributed by atoms with Crippen LogP contribution in [0.2, 0.25) is 0 Å². The van der Waals surface area contributed by atoms with Gasteiger partial charge in [-0.15, -0.1) is 23.5 Å². The summed E-state index contributed by atoms with van der Waals surface area (Å²) in [4.78, 5) is 26.0. The van der Waals surface area contributed by atoms with Crippen LogP contribution in [-0.2, 0) is 29.6 Å². The number of hydrogen-bond donors (Lipinski definition) is 4. The monoisotopic (exact) mass is 1020 g/mol. The number of benzene rings is 4. The van der Waals surface area contributed by atoms with Crippen molar-refractivity contribution in [1.82, 2.24) is 9.44 Å². The van der Waals surface area contributed by atoms with Crippen molar-refractivity contribution >= 4 is 78.3 Å². The van der Waals surface area contributed by atoms with Crippen molar-refractivity contribution in [2.24, 2.45) is 0 Å². The summed E-state index contributed by atoms with van der Waals surface area (Å²) in [6, 6.07) is 16.5. The van der Waals surface area contributed by atoms with E-state index in [-0.39, 0.29) is 21.3 Å². The van der Waals surface area contributed by atoms with Crippen molar-refractivity contribution in [1.29, 1.82) is 0 Å². The molecule has 4 aromatic carbocycles. The van der Waals surface area contributed by atoms with Gasteiger partial charge in [-0.05, 0) is 85.0 Å². The van der Waals surface area contributed by atoms with Gasteiger partial charge in [0.1, 0.15) is 45.4 Å². The van der Waals surface area contributed by atoms with Crippen molar-refractivity contribution < 1.29 is 63.7 Å². The van der Waals surface area contributed by atoms with E-state index in [1.165, 1.54) is 59.9 Å². The zero-order valence-electron chi connectivity index (χ0n) is 37.5. The fourth-order valence-electron chi connectivity index (χ4n) is 7.18. The summed E-state index contributed by atoms with van der Waals surface area (Å²) < 4.78 is 124. The van der Waals surface area contributed by atoms with Crippen LogP contribution in [0.1, 0.15) is 66.2 Å². The van der Waals surface area contributed by atoms with Crippen LogP contribution in [0.3, 0.4) is 0 Å². The Hall–Kier alpha value is -5.26. The minimum absolute atomic E-state index is 0.0124. The first-order valence-electron chi connectivity index (χ1n) is 21.6. The average molecular weight is 1030 g/mol. The number of fused-ring (bicyclic) bond motifs is 2. The highest BCUT2D eigenvalue weighted by Crippen LogP contribution is 2.44. The molecule has 2 heterocycles. The molecule has 2 aliphatic heterocycles. The molecule has 2 aliphatic rings. The summed E-state index contributed by atoms with van der Waals surface area (Å²) in [5, 5.41) is 17.5. The Labute approximate surface area is 401 Å². The van der Waals surface area contributed by atoms with Crippen molar-refractivity contribution in [3.05, 3.63) is 109 Å². The third-order valence-corrected chi connectivity index (χ3v) is 15.3. The zero-order valence-corrected chi connectivity index (χ0v) is 40.8. The van der Waals surface area contributed by atoms with Gasteiger partial charge in [0, 0.05) is 48.7 Å². The molecule has 68 heavy (non-hydrogen) atoms. The third kappa shape index (κ3) is 13.9. The van der Waals surface area contributed by atoms with E-state index in [1.807, 2.05) is 37.5 Å². The van der Waals surface area contributed by atoms with Gasteiger partial charge in [-0.3, -0.25) is 0 Å². The second kappa shape index (κ2) is 24.3. The molecule has 0 saturated carbocycles. The minimum atomic E-state index is -4.00. The molecule has 2 atom stereocenters.